The number of hydrazone groups is 1. The summed E-state index contributed by atoms with van der Waals surface area (Å²) >= 11 is 5.01. The van der Waals surface area contributed by atoms with E-state index in [0.717, 1.165) is 22.1 Å². The minimum atomic E-state index is -0.364. The van der Waals surface area contributed by atoms with E-state index in [0.29, 0.717) is 45.1 Å². The standard InChI is InChI=1S/C35H32BrN5O5S/c1-4-45-31-18-23(17-27(36)33(31)46-20-32(42)39-28-7-5-6-8-30(28)44-3)19-37-41-34(43)25-13-11-24(12-14-25)29-21-47-35(40-29)38-26-15-9-22(2)10-16-26/h5-19,21H,4,20H2,1-3H3,(H,38,40)(H,39,42)(H,41,43)/b37-19+. The second-order valence-corrected chi connectivity index (χ2v) is 11.8. The molecule has 10 nitrogen and oxygen atoms in total. The van der Waals surface area contributed by atoms with Gasteiger partial charge >= 0.3 is 0 Å². The van der Waals surface area contributed by atoms with Crippen molar-refractivity contribution >= 4 is 61.8 Å². The first-order valence-electron chi connectivity index (χ1n) is 14.6. The zero-order chi connectivity index (χ0) is 33.2. The Morgan fingerprint density at radius 1 is 0.979 bits per heavy atom. The average molecular weight is 715 g/mol. The van der Waals surface area contributed by atoms with Gasteiger partial charge in [-0.3, -0.25) is 9.59 Å². The van der Waals surface area contributed by atoms with Crippen LogP contribution in [-0.2, 0) is 4.79 Å². The van der Waals surface area contributed by atoms with Gasteiger partial charge in [0.1, 0.15) is 5.75 Å². The Kier molecular flexibility index (Phi) is 11.2. The quantitative estimate of drug-likeness (QED) is 0.0840. The topological polar surface area (TPSA) is 123 Å². The first-order chi connectivity index (χ1) is 22.8. The first-order valence-corrected chi connectivity index (χ1v) is 16.2. The third kappa shape index (κ3) is 8.96. The molecule has 0 radical (unpaired) electrons. The van der Waals surface area contributed by atoms with Crippen molar-refractivity contribution in [3.63, 3.8) is 0 Å². The predicted molar refractivity (Wildman–Crippen MR) is 190 cm³/mol. The molecule has 0 spiro atoms. The Bertz CT molecular complexity index is 1880. The maximum atomic E-state index is 12.8. The van der Waals surface area contributed by atoms with E-state index < -0.39 is 0 Å². The third-order valence-corrected chi connectivity index (χ3v) is 8.04. The molecule has 5 rings (SSSR count). The minimum Gasteiger partial charge on any atom is -0.495 e. The summed E-state index contributed by atoms with van der Waals surface area (Å²) in [7, 11) is 1.53. The molecule has 240 valence electrons. The van der Waals surface area contributed by atoms with Gasteiger partial charge in [-0.1, -0.05) is 42.0 Å². The van der Waals surface area contributed by atoms with Gasteiger partial charge in [-0.2, -0.15) is 5.10 Å². The summed E-state index contributed by atoms with van der Waals surface area (Å²) in [6.45, 7) is 4.00. The maximum absolute atomic E-state index is 12.8. The number of halogens is 1. The highest BCUT2D eigenvalue weighted by Crippen LogP contribution is 2.37. The number of carbonyl (C=O) groups is 2. The highest BCUT2D eigenvalue weighted by molar-refractivity contribution is 9.10. The molecule has 2 amide bonds. The van der Waals surface area contributed by atoms with E-state index >= 15 is 0 Å². The second kappa shape index (κ2) is 15.9. The Morgan fingerprint density at radius 3 is 2.49 bits per heavy atom. The number of methoxy groups -OCH3 is 1. The van der Waals surface area contributed by atoms with Crippen molar-refractivity contribution < 1.29 is 23.8 Å². The molecule has 0 fully saturated rings. The molecular formula is C35H32BrN5O5S. The number of rotatable bonds is 13. The normalized spacial score (nSPS) is 10.8. The van der Waals surface area contributed by atoms with E-state index in [4.69, 9.17) is 14.2 Å². The Morgan fingerprint density at radius 2 is 1.74 bits per heavy atom. The van der Waals surface area contributed by atoms with Crippen molar-refractivity contribution in [2.75, 3.05) is 31.0 Å². The summed E-state index contributed by atoms with van der Waals surface area (Å²) in [5, 5.41) is 13.0. The van der Waals surface area contributed by atoms with E-state index in [2.05, 4.69) is 42.1 Å². The van der Waals surface area contributed by atoms with Gasteiger partial charge in [0.05, 0.1) is 35.8 Å². The lowest BCUT2D eigenvalue weighted by Crippen LogP contribution is -2.21. The number of aryl methyl sites for hydroxylation is 1. The fourth-order valence-corrected chi connectivity index (χ4v) is 5.70. The van der Waals surface area contributed by atoms with E-state index in [1.54, 1.807) is 42.5 Å². The van der Waals surface area contributed by atoms with Gasteiger partial charge in [-0.15, -0.1) is 11.3 Å². The third-order valence-electron chi connectivity index (χ3n) is 6.69. The van der Waals surface area contributed by atoms with Crippen LogP contribution >= 0.6 is 27.3 Å². The number of hydrogen-bond donors (Lipinski definition) is 3. The van der Waals surface area contributed by atoms with Crippen LogP contribution in [-0.4, -0.2) is 43.3 Å². The molecule has 0 saturated heterocycles. The number of anilines is 3. The molecule has 0 unspecified atom stereocenters. The fourth-order valence-electron chi connectivity index (χ4n) is 4.38. The molecule has 0 aliphatic carbocycles. The summed E-state index contributed by atoms with van der Waals surface area (Å²) in [6.07, 6.45) is 1.50. The molecule has 1 aromatic heterocycles. The van der Waals surface area contributed by atoms with Gasteiger partial charge in [-0.05, 0) is 83.9 Å². The van der Waals surface area contributed by atoms with Crippen LogP contribution in [0.2, 0.25) is 0 Å². The molecule has 1 heterocycles. The molecule has 12 heteroatoms. The van der Waals surface area contributed by atoms with E-state index in [9.17, 15) is 9.59 Å². The Hall–Kier alpha value is -5.20. The molecule has 0 saturated carbocycles. The summed E-state index contributed by atoms with van der Waals surface area (Å²) in [6, 6.07) is 25.8. The molecule has 0 aliphatic heterocycles. The number of para-hydroxylation sites is 2. The van der Waals surface area contributed by atoms with Gasteiger partial charge in [0.25, 0.3) is 11.8 Å². The number of carbonyl (C=O) groups excluding carboxylic acids is 2. The summed E-state index contributed by atoms with van der Waals surface area (Å²) < 4.78 is 17.4. The number of hydrogen-bond acceptors (Lipinski definition) is 9. The SMILES string of the molecule is CCOc1cc(/C=N/NC(=O)c2ccc(-c3csc(Nc4ccc(C)cc4)n3)cc2)cc(Br)c1OCC(=O)Nc1ccccc1OC. The summed E-state index contributed by atoms with van der Waals surface area (Å²) in [5.74, 6) is 0.590. The molecule has 0 atom stereocenters. The lowest BCUT2D eigenvalue weighted by Gasteiger charge is -2.15. The van der Waals surface area contributed by atoms with Gasteiger partial charge in [0.2, 0.25) is 0 Å². The Balaban J connectivity index is 1.17. The maximum Gasteiger partial charge on any atom is 0.271 e. The second-order valence-electron chi connectivity index (χ2n) is 10.1. The van der Waals surface area contributed by atoms with Crippen molar-refractivity contribution in [3.8, 4) is 28.5 Å². The van der Waals surface area contributed by atoms with Crippen LogP contribution in [0.25, 0.3) is 11.3 Å². The predicted octanol–water partition coefficient (Wildman–Crippen LogP) is 7.81. The van der Waals surface area contributed by atoms with Gasteiger partial charge in [-0.25, -0.2) is 10.4 Å². The van der Waals surface area contributed by atoms with Crippen LogP contribution in [0, 0.1) is 6.92 Å². The molecule has 0 aliphatic rings. The smallest absolute Gasteiger partial charge is 0.271 e. The molecule has 4 aromatic carbocycles. The van der Waals surface area contributed by atoms with Crippen LogP contribution in [0.1, 0.15) is 28.4 Å². The van der Waals surface area contributed by atoms with Crippen LogP contribution in [0.5, 0.6) is 17.2 Å². The number of aromatic nitrogens is 1. The van der Waals surface area contributed by atoms with E-state index in [1.165, 1.54) is 30.2 Å². The number of amides is 2. The van der Waals surface area contributed by atoms with Gasteiger partial charge < -0.3 is 24.8 Å². The van der Waals surface area contributed by atoms with Crippen molar-refractivity contribution in [2.45, 2.75) is 13.8 Å². The summed E-state index contributed by atoms with van der Waals surface area (Å²) in [4.78, 5) is 30.0. The highest BCUT2D eigenvalue weighted by Gasteiger charge is 2.15. The van der Waals surface area contributed by atoms with E-state index in [1.807, 2.05) is 61.7 Å². The first kappa shape index (κ1) is 33.2. The zero-order valence-corrected chi connectivity index (χ0v) is 28.3. The van der Waals surface area contributed by atoms with Gasteiger partial charge in [0.15, 0.2) is 23.2 Å². The monoisotopic (exact) mass is 713 g/mol. The Labute approximate surface area is 284 Å². The van der Waals surface area contributed by atoms with Crippen LogP contribution in [0.3, 0.4) is 0 Å². The number of thiazole rings is 1. The lowest BCUT2D eigenvalue weighted by atomic mass is 10.1. The van der Waals surface area contributed by atoms with Crippen molar-refractivity contribution in [1.29, 1.82) is 0 Å². The molecule has 47 heavy (non-hydrogen) atoms. The lowest BCUT2D eigenvalue weighted by molar-refractivity contribution is -0.118. The molecular weight excluding hydrogens is 682 g/mol. The van der Waals surface area contributed by atoms with Gasteiger partial charge in [0, 0.05) is 22.2 Å². The largest absolute Gasteiger partial charge is 0.495 e. The molecule has 5 aromatic rings. The minimum absolute atomic E-state index is 0.257. The van der Waals surface area contributed by atoms with E-state index in [-0.39, 0.29) is 18.4 Å². The molecule has 3 N–H and O–H groups in total. The number of nitrogens with one attached hydrogen (secondary N) is 3. The zero-order valence-electron chi connectivity index (χ0n) is 25.9. The number of benzene rings is 4. The van der Waals surface area contributed by atoms with Crippen LogP contribution in [0.4, 0.5) is 16.5 Å². The fraction of sp³-hybridized carbons (Fsp3) is 0.143. The van der Waals surface area contributed by atoms with Crippen molar-refractivity contribution in [1.82, 2.24) is 10.4 Å². The molecule has 0 bridgehead atoms. The summed E-state index contributed by atoms with van der Waals surface area (Å²) in [5.41, 5.74) is 8.06. The van der Waals surface area contributed by atoms with Crippen molar-refractivity contribution in [3.05, 3.63) is 111 Å². The number of ether oxygens (including phenoxy) is 3. The van der Waals surface area contributed by atoms with Crippen molar-refractivity contribution in [2.24, 2.45) is 5.10 Å². The number of nitrogens with zero attached hydrogens (tertiary/aromatic N) is 2. The highest BCUT2D eigenvalue weighted by atomic mass is 79.9. The van der Waals surface area contributed by atoms with Crippen LogP contribution < -0.4 is 30.3 Å². The van der Waals surface area contributed by atoms with Crippen LogP contribution in [0.15, 0.2) is 99.9 Å². The average Bonchev–Trinajstić information content (AvgIpc) is 3.54.